The molecule has 15 aromatic rings. The van der Waals surface area contributed by atoms with Gasteiger partial charge in [-0.3, -0.25) is 0 Å². The maximum Gasteiger partial charge on any atom is 0.252 e. The topological polar surface area (TPSA) is 16.3 Å². The van der Waals surface area contributed by atoms with Crippen molar-refractivity contribution in [2.45, 2.75) is 299 Å². The van der Waals surface area contributed by atoms with E-state index in [1.54, 1.807) is 0 Å². The zero-order valence-corrected chi connectivity index (χ0v) is 90.5. The van der Waals surface area contributed by atoms with Gasteiger partial charge in [-0.1, -0.05) is 362 Å². The Morgan fingerprint density at radius 2 is 0.442 bits per heavy atom. The summed E-state index contributed by atoms with van der Waals surface area (Å²) >= 11 is 0. The van der Waals surface area contributed by atoms with E-state index in [1.807, 2.05) is 0 Å². The number of rotatable bonds is 19. The van der Waals surface area contributed by atoms with Gasteiger partial charge in [0.1, 0.15) is 0 Å². The third-order valence-electron chi connectivity index (χ3n) is 26.9. The van der Waals surface area contributed by atoms with Crippen molar-refractivity contribution in [3.63, 3.8) is 0 Å². The number of nitrogens with zero attached hydrogens (tertiary/aromatic N) is 4. The minimum Gasteiger partial charge on any atom is -0.310 e. The zero-order valence-electron chi connectivity index (χ0n) is 92.5. The van der Waals surface area contributed by atoms with Gasteiger partial charge in [0.2, 0.25) is 0 Å². The monoisotopic (exact) mass is 1830 g/mol. The van der Waals surface area contributed by atoms with E-state index in [1.165, 1.54) is 88.1 Å². The summed E-state index contributed by atoms with van der Waals surface area (Å²) in [4.78, 5) is 5.45. The minimum absolute atomic E-state index is 0.0123. The Hall–Kier alpha value is -10.9. The Labute approximate surface area is 835 Å². The fraction of sp³-hybridized carbons (Fsp3) is 0.414. The lowest BCUT2D eigenvalue weighted by atomic mass is 9.33. The van der Waals surface area contributed by atoms with E-state index in [9.17, 15) is 2.74 Å². The molecule has 5 heteroatoms. The Morgan fingerprint density at radius 1 is 0.210 bits per heavy atom. The van der Waals surface area contributed by atoms with Crippen molar-refractivity contribution in [2.24, 2.45) is 59.6 Å². The van der Waals surface area contributed by atoms with E-state index in [0.717, 1.165) is 182 Å². The van der Waals surface area contributed by atoms with E-state index in [0.29, 0.717) is 5.56 Å². The van der Waals surface area contributed by atoms with Crippen molar-refractivity contribution in [3.05, 3.63) is 304 Å². The highest BCUT2D eigenvalue weighted by Crippen LogP contribution is 2.57. The molecule has 2 aliphatic rings. The molecule has 2 aliphatic heterocycles. The van der Waals surface area contributed by atoms with Gasteiger partial charge in [-0.2, -0.15) is 0 Å². The van der Waals surface area contributed by atoms with Crippen LogP contribution in [0.2, 0.25) is 0 Å². The third-order valence-corrected chi connectivity index (χ3v) is 26.9. The lowest BCUT2D eigenvalue weighted by Gasteiger charge is -2.46. The fourth-order valence-electron chi connectivity index (χ4n) is 22.9. The van der Waals surface area contributed by atoms with Crippen LogP contribution in [0.3, 0.4) is 0 Å². The van der Waals surface area contributed by atoms with Gasteiger partial charge < -0.3 is 18.9 Å². The van der Waals surface area contributed by atoms with Gasteiger partial charge in [-0.25, -0.2) is 0 Å². The Balaban J connectivity index is 1.11. The van der Waals surface area contributed by atoms with Gasteiger partial charge in [0.05, 0.1) is 33.4 Å². The molecule has 0 unspecified atom stereocenters. The zero-order chi connectivity index (χ0) is 101. The highest BCUT2D eigenvalue weighted by atomic mass is 15.2. The molecule has 0 aliphatic carbocycles. The SMILES string of the molecule is [2H]C([2H])(c1cc2c3c(c1)N(c1c(-c4cccc(CC(C)(C)C)c4)cc(CC(C)(C)C)cc1-c1cccc(CC(C)(C)C)c1)c1cc(-n4c5ccc(CC(C)(C)C)cc5c5cc(CC(C)(C)C)ccc54)ccc1B3c1ccc(-n3c4ccc(CC(C)(C)C)cc4c4cc(CC(C)(C)C)ccc43)cc1N2c1c(-c2cccc(CC(C)(C)C)c2)cc(CC(C)(C)C)cc1-c1cccc(CC(C)(C)C)c1)C(C)(C)C. The molecule has 2 aromatic heterocycles. The molecule has 0 saturated carbocycles. The number of hydrogen-bond donors (Lipinski definition) is 0. The minimum atomic E-state index is -1.95. The first-order valence-corrected chi connectivity index (χ1v) is 51.8. The summed E-state index contributed by atoms with van der Waals surface area (Å²) in [5.74, 6) is 0. The molecule has 716 valence electrons. The number of anilines is 6. The highest BCUT2D eigenvalue weighted by Gasteiger charge is 2.47. The Kier molecular flexibility index (Phi) is 24.9. The third kappa shape index (κ3) is 22.3. The van der Waals surface area contributed by atoms with E-state index in [-0.39, 0.29) is 54.1 Å². The quantitative estimate of drug-likeness (QED) is 0.0750. The van der Waals surface area contributed by atoms with Crippen molar-refractivity contribution in [2.75, 3.05) is 9.80 Å². The molecule has 0 amide bonds. The van der Waals surface area contributed by atoms with E-state index >= 15 is 0 Å². The van der Waals surface area contributed by atoms with Crippen LogP contribution in [0.15, 0.2) is 243 Å². The van der Waals surface area contributed by atoms with Gasteiger partial charge in [0, 0.05) is 80.7 Å². The second kappa shape index (κ2) is 35.7. The molecule has 0 fully saturated rings. The van der Waals surface area contributed by atoms with Crippen LogP contribution >= 0.6 is 0 Å². The molecule has 17 rings (SSSR count). The van der Waals surface area contributed by atoms with Crippen molar-refractivity contribution in [3.8, 4) is 55.9 Å². The normalized spacial score (nSPS) is 14.1. The van der Waals surface area contributed by atoms with Gasteiger partial charge in [0.25, 0.3) is 6.71 Å². The lowest BCUT2D eigenvalue weighted by molar-refractivity contribution is 0.410. The number of benzene rings is 13. The molecular formula is C133H161BN4. The summed E-state index contributed by atoms with van der Waals surface area (Å²) in [5.41, 5.74) is 38.1. The lowest BCUT2D eigenvalue weighted by Crippen LogP contribution is -2.61. The molecule has 138 heavy (non-hydrogen) atoms. The molecule has 13 aromatic carbocycles. The van der Waals surface area contributed by atoms with Crippen LogP contribution in [0.5, 0.6) is 0 Å². The second-order valence-electron chi connectivity index (χ2n) is 55.2. The van der Waals surface area contributed by atoms with E-state index in [2.05, 4.69) is 490 Å². The molecule has 0 atom stereocenters. The number of fused-ring (bicyclic) bond motifs is 10. The first-order chi connectivity index (χ1) is 64.9. The molecule has 0 N–H and O–H groups in total. The first-order valence-electron chi connectivity index (χ1n) is 52.8. The van der Waals surface area contributed by atoms with Crippen LogP contribution in [-0.4, -0.2) is 15.8 Å². The van der Waals surface area contributed by atoms with Crippen molar-refractivity contribution in [1.29, 1.82) is 0 Å². The summed E-state index contributed by atoms with van der Waals surface area (Å²) in [6.45, 7) is 77.1. The molecule has 4 nitrogen and oxygen atoms in total. The average molecular weight is 1830 g/mol. The maximum absolute atomic E-state index is 11.5. The van der Waals surface area contributed by atoms with Crippen LogP contribution in [0.25, 0.3) is 99.5 Å². The van der Waals surface area contributed by atoms with Crippen molar-refractivity contribution < 1.29 is 2.74 Å². The van der Waals surface area contributed by atoms with Crippen molar-refractivity contribution >= 4 is 101 Å². The smallest absolute Gasteiger partial charge is 0.252 e. The molecule has 0 saturated heterocycles. The number of aromatic nitrogens is 2. The molecule has 4 heterocycles. The van der Waals surface area contributed by atoms with E-state index < -0.39 is 18.5 Å². The summed E-state index contributed by atoms with van der Waals surface area (Å²) in [6, 6.07) is 97.9. The van der Waals surface area contributed by atoms with Crippen LogP contribution in [-0.2, 0) is 70.6 Å². The Bertz CT molecular complexity index is 6570. The number of hydrogen-bond acceptors (Lipinski definition) is 2. The fourth-order valence-corrected chi connectivity index (χ4v) is 22.9. The molecular weight excluding hydrogens is 1660 g/mol. The van der Waals surface area contributed by atoms with Gasteiger partial charge in [0.15, 0.2) is 0 Å². The molecule has 0 spiro atoms. The van der Waals surface area contributed by atoms with Gasteiger partial charge in [-0.05, 0) is 339 Å². The summed E-state index contributed by atoms with van der Waals surface area (Å²) in [6.07, 6.45) is 7.01. The molecule has 0 radical (unpaired) electrons. The average Bonchev–Trinajstić information content (AvgIpc) is 0.900. The predicted octanol–water partition coefficient (Wildman–Crippen LogP) is 36.1. The summed E-state index contributed by atoms with van der Waals surface area (Å²) < 4.78 is 28.1. The molecule has 0 bridgehead atoms. The van der Waals surface area contributed by atoms with Gasteiger partial charge in [-0.15, -0.1) is 0 Å². The first kappa shape index (κ1) is 96.0. The van der Waals surface area contributed by atoms with Crippen molar-refractivity contribution in [1.82, 2.24) is 9.13 Å². The highest BCUT2D eigenvalue weighted by molar-refractivity contribution is 7.00. The largest absolute Gasteiger partial charge is 0.310 e. The maximum atomic E-state index is 11.5. The summed E-state index contributed by atoms with van der Waals surface area (Å²) in [7, 11) is 0. The van der Waals surface area contributed by atoms with Gasteiger partial charge >= 0.3 is 0 Å². The van der Waals surface area contributed by atoms with E-state index in [4.69, 9.17) is 0 Å². The van der Waals surface area contributed by atoms with Crippen LogP contribution in [0.4, 0.5) is 34.1 Å². The summed E-state index contributed by atoms with van der Waals surface area (Å²) in [5, 5.41) is 5.01. The van der Waals surface area contributed by atoms with Crippen LogP contribution < -0.4 is 26.2 Å². The van der Waals surface area contributed by atoms with Crippen LogP contribution in [0.1, 0.15) is 292 Å². The van der Waals surface area contributed by atoms with Crippen LogP contribution in [0, 0.1) is 59.6 Å². The second-order valence-corrected chi connectivity index (χ2v) is 55.2. The predicted molar refractivity (Wildman–Crippen MR) is 606 cm³/mol. The Morgan fingerprint density at radius 3 is 0.674 bits per heavy atom. The standard InChI is InChI=1S/C133H161BN4/c1-123(2,3)74-85-38-34-42-96(58-85)102-66-93(82-131(25,26)27)67-103(97-43-35-39-86(59-97)75-124(4,5)6)121(102)137-116-72-100(135-112-54-46-89(78-127(13,14)15)62-106(112)107-63-90(47-55-113(107)135)79-128(16,17)18)50-52-110(116)134-111-53-51-101(136-114-56-48-91(80-129(19,20)21)64-108(114)109-65-92(49-57-115(109)136)81-130(22,23)24)73-117(111)138(119-71-95(84-133(31,32)33)70-118(137)120(119)134)122-104(98-44-36-40-87(60-98)76-125(7,8)9)68-94(83-132(28,29)30)69-105(122)99-45-37-41-88(61-99)77-126(10,11)12/h34-73H,74-84H2,1-33H3/i84D2.